The molecule has 0 aliphatic heterocycles. The van der Waals surface area contributed by atoms with Gasteiger partial charge in [-0.1, -0.05) is 54.8 Å². The normalized spacial score (nSPS) is 14.9. The van der Waals surface area contributed by atoms with Gasteiger partial charge in [0, 0.05) is 17.6 Å². The summed E-state index contributed by atoms with van der Waals surface area (Å²) in [6, 6.07) is 14.5. The minimum absolute atomic E-state index is 0.125. The Morgan fingerprint density at radius 3 is 2.47 bits per heavy atom. The molecular formula is C24H29ClN2O3. The molecule has 2 amide bonds. The molecule has 30 heavy (non-hydrogen) atoms. The van der Waals surface area contributed by atoms with Crippen LogP contribution >= 0.6 is 11.6 Å². The number of carbonyl (C=O) groups is 2. The van der Waals surface area contributed by atoms with Crippen molar-refractivity contribution in [3.63, 3.8) is 0 Å². The lowest BCUT2D eigenvalue weighted by Gasteiger charge is -2.29. The van der Waals surface area contributed by atoms with Crippen LogP contribution in [0.15, 0.2) is 48.5 Å². The van der Waals surface area contributed by atoms with Crippen LogP contribution in [0.2, 0.25) is 5.02 Å². The quantitative estimate of drug-likeness (QED) is 0.673. The number of ether oxygens (including phenoxy) is 1. The summed E-state index contributed by atoms with van der Waals surface area (Å²) in [5.41, 5.74) is 1.87. The van der Waals surface area contributed by atoms with Crippen molar-refractivity contribution in [2.24, 2.45) is 0 Å². The predicted molar refractivity (Wildman–Crippen MR) is 119 cm³/mol. The van der Waals surface area contributed by atoms with E-state index in [2.05, 4.69) is 5.32 Å². The predicted octanol–water partition coefficient (Wildman–Crippen LogP) is 4.50. The fraction of sp³-hybridized carbons (Fsp3) is 0.417. The third kappa shape index (κ3) is 5.99. The number of benzene rings is 2. The van der Waals surface area contributed by atoms with Gasteiger partial charge in [-0.15, -0.1) is 0 Å². The molecule has 1 aliphatic rings. The topological polar surface area (TPSA) is 58.6 Å². The van der Waals surface area contributed by atoms with Crippen LogP contribution in [0, 0.1) is 6.92 Å². The van der Waals surface area contributed by atoms with E-state index in [0.29, 0.717) is 17.3 Å². The Kier molecular flexibility index (Phi) is 7.75. The monoisotopic (exact) mass is 428 g/mol. The van der Waals surface area contributed by atoms with E-state index in [1.165, 1.54) is 0 Å². The minimum atomic E-state index is -0.603. The van der Waals surface area contributed by atoms with Gasteiger partial charge in [-0.25, -0.2) is 0 Å². The van der Waals surface area contributed by atoms with Gasteiger partial charge in [0.05, 0.1) is 0 Å². The van der Waals surface area contributed by atoms with Gasteiger partial charge in [0.25, 0.3) is 5.91 Å². The highest BCUT2D eigenvalue weighted by Gasteiger charge is 2.28. The maximum Gasteiger partial charge on any atom is 0.261 e. The van der Waals surface area contributed by atoms with E-state index in [-0.39, 0.29) is 24.5 Å². The summed E-state index contributed by atoms with van der Waals surface area (Å²) in [6.07, 6.45) is 4.27. The van der Waals surface area contributed by atoms with Crippen LogP contribution in [-0.4, -0.2) is 35.4 Å². The van der Waals surface area contributed by atoms with Crippen LogP contribution in [0.3, 0.4) is 0 Å². The number of hydrogen-bond donors (Lipinski definition) is 1. The van der Waals surface area contributed by atoms with Crippen molar-refractivity contribution >= 4 is 23.4 Å². The first-order valence-corrected chi connectivity index (χ1v) is 10.8. The van der Waals surface area contributed by atoms with Gasteiger partial charge >= 0.3 is 0 Å². The Bertz CT molecular complexity index is 863. The van der Waals surface area contributed by atoms with E-state index in [4.69, 9.17) is 16.3 Å². The van der Waals surface area contributed by atoms with E-state index in [1.54, 1.807) is 24.0 Å². The maximum absolute atomic E-state index is 13.1. The number of nitrogens with zero attached hydrogens (tertiary/aromatic N) is 1. The summed E-state index contributed by atoms with van der Waals surface area (Å²) in [7, 11) is 0. The van der Waals surface area contributed by atoms with Crippen molar-refractivity contribution in [1.82, 2.24) is 10.2 Å². The highest BCUT2D eigenvalue weighted by atomic mass is 35.5. The summed E-state index contributed by atoms with van der Waals surface area (Å²) >= 11 is 5.99. The molecule has 2 aromatic carbocycles. The van der Waals surface area contributed by atoms with Crippen molar-refractivity contribution in [3.05, 3.63) is 64.7 Å². The van der Waals surface area contributed by atoms with Gasteiger partial charge < -0.3 is 15.0 Å². The van der Waals surface area contributed by atoms with E-state index >= 15 is 0 Å². The SMILES string of the molecule is Cc1ccccc1OCC(=O)N(Cc1ccc(Cl)cc1)[C@H](C)C(=O)NC1CCCC1. The second-order valence-corrected chi connectivity index (χ2v) is 8.30. The molecule has 0 spiro atoms. The highest BCUT2D eigenvalue weighted by molar-refractivity contribution is 6.30. The number of nitrogens with one attached hydrogen (secondary N) is 1. The van der Waals surface area contributed by atoms with Gasteiger partial charge in [0.15, 0.2) is 6.61 Å². The molecule has 1 atom stereocenters. The average Bonchev–Trinajstić information content (AvgIpc) is 3.25. The van der Waals surface area contributed by atoms with E-state index in [0.717, 1.165) is 36.8 Å². The molecular weight excluding hydrogens is 400 g/mol. The Balaban J connectivity index is 1.71. The van der Waals surface area contributed by atoms with Crippen LogP contribution in [0.5, 0.6) is 5.75 Å². The largest absolute Gasteiger partial charge is 0.484 e. The van der Waals surface area contributed by atoms with E-state index in [1.807, 2.05) is 43.3 Å². The lowest BCUT2D eigenvalue weighted by atomic mass is 10.1. The van der Waals surface area contributed by atoms with Crippen LogP contribution in [0.25, 0.3) is 0 Å². The average molecular weight is 429 g/mol. The minimum Gasteiger partial charge on any atom is -0.484 e. The molecule has 1 aliphatic carbocycles. The zero-order chi connectivity index (χ0) is 21.5. The second kappa shape index (κ2) is 10.5. The smallest absolute Gasteiger partial charge is 0.261 e. The molecule has 5 nitrogen and oxygen atoms in total. The fourth-order valence-corrected chi connectivity index (χ4v) is 3.83. The summed E-state index contributed by atoms with van der Waals surface area (Å²) < 4.78 is 5.76. The standard InChI is InChI=1S/C24H29ClN2O3/c1-17-7-3-6-10-22(17)30-16-23(28)27(15-19-11-13-20(25)14-12-19)18(2)24(29)26-21-8-4-5-9-21/h3,6-7,10-14,18,21H,4-5,8-9,15-16H2,1-2H3,(H,26,29)/t18-/m1/s1. The first kappa shape index (κ1) is 22.2. The molecule has 3 rings (SSSR count). The molecule has 160 valence electrons. The molecule has 1 saturated carbocycles. The second-order valence-electron chi connectivity index (χ2n) is 7.87. The van der Waals surface area contributed by atoms with Crippen LogP contribution in [-0.2, 0) is 16.1 Å². The van der Waals surface area contributed by atoms with Crippen molar-refractivity contribution in [2.45, 2.75) is 58.2 Å². The fourth-order valence-electron chi connectivity index (χ4n) is 3.70. The van der Waals surface area contributed by atoms with Crippen molar-refractivity contribution in [2.75, 3.05) is 6.61 Å². The first-order valence-electron chi connectivity index (χ1n) is 10.5. The van der Waals surface area contributed by atoms with E-state index < -0.39 is 6.04 Å². The van der Waals surface area contributed by atoms with Crippen molar-refractivity contribution < 1.29 is 14.3 Å². The van der Waals surface area contributed by atoms with Gasteiger partial charge in [0.2, 0.25) is 5.91 Å². The Labute approximate surface area is 183 Å². The molecule has 0 saturated heterocycles. The first-order chi connectivity index (χ1) is 14.4. The summed E-state index contributed by atoms with van der Waals surface area (Å²) in [6.45, 7) is 3.89. The third-order valence-electron chi connectivity index (χ3n) is 5.58. The lowest BCUT2D eigenvalue weighted by Crippen LogP contribution is -2.50. The highest BCUT2D eigenvalue weighted by Crippen LogP contribution is 2.20. The molecule has 1 N–H and O–H groups in total. The lowest BCUT2D eigenvalue weighted by molar-refractivity contribution is -0.142. The summed E-state index contributed by atoms with van der Waals surface area (Å²) in [4.78, 5) is 27.5. The molecule has 0 aromatic heterocycles. The number of halogens is 1. The number of amides is 2. The summed E-state index contributed by atoms with van der Waals surface area (Å²) in [5.74, 6) is 0.308. The molecule has 0 unspecified atom stereocenters. The van der Waals surface area contributed by atoms with Gasteiger partial charge in [-0.2, -0.15) is 0 Å². The molecule has 0 bridgehead atoms. The number of para-hydroxylation sites is 1. The molecule has 0 heterocycles. The number of hydrogen-bond acceptors (Lipinski definition) is 3. The Morgan fingerprint density at radius 2 is 1.80 bits per heavy atom. The molecule has 1 fully saturated rings. The maximum atomic E-state index is 13.1. The molecule has 2 aromatic rings. The van der Waals surface area contributed by atoms with Crippen molar-refractivity contribution in [3.8, 4) is 5.75 Å². The van der Waals surface area contributed by atoms with E-state index in [9.17, 15) is 9.59 Å². The molecule has 0 radical (unpaired) electrons. The van der Waals surface area contributed by atoms with Gasteiger partial charge in [0.1, 0.15) is 11.8 Å². The zero-order valence-electron chi connectivity index (χ0n) is 17.6. The Hall–Kier alpha value is -2.53. The zero-order valence-corrected chi connectivity index (χ0v) is 18.3. The van der Waals surface area contributed by atoms with Crippen LogP contribution in [0.4, 0.5) is 0 Å². The summed E-state index contributed by atoms with van der Waals surface area (Å²) in [5, 5.41) is 3.73. The third-order valence-corrected chi connectivity index (χ3v) is 5.83. The van der Waals surface area contributed by atoms with Crippen LogP contribution < -0.4 is 10.1 Å². The number of aryl methyl sites for hydroxylation is 1. The Morgan fingerprint density at radius 1 is 1.13 bits per heavy atom. The number of rotatable bonds is 8. The van der Waals surface area contributed by atoms with Crippen molar-refractivity contribution in [1.29, 1.82) is 0 Å². The van der Waals surface area contributed by atoms with Gasteiger partial charge in [-0.05, 0) is 56.0 Å². The van der Waals surface area contributed by atoms with Crippen LogP contribution in [0.1, 0.15) is 43.7 Å². The van der Waals surface area contributed by atoms with Gasteiger partial charge in [-0.3, -0.25) is 9.59 Å². The molecule has 6 heteroatoms. The number of carbonyl (C=O) groups excluding carboxylic acids is 2.